The molecule has 5 nitrogen and oxygen atoms in total. The van der Waals surface area contributed by atoms with Gasteiger partial charge in [0.2, 0.25) is 0 Å². The summed E-state index contributed by atoms with van der Waals surface area (Å²) in [5.41, 5.74) is 9.62. The molecule has 1 aromatic rings. The molecule has 1 aliphatic heterocycles. The van der Waals surface area contributed by atoms with Gasteiger partial charge < -0.3 is 9.31 Å². The first-order valence-electron chi connectivity index (χ1n) is 6.41. The molecule has 1 fully saturated rings. The first kappa shape index (κ1) is 15.6. The Labute approximate surface area is 132 Å². The van der Waals surface area contributed by atoms with E-state index >= 15 is 0 Å². The minimum atomic E-state index is -0.389. The van der Waals surface area contributed by atoms with Gasteiger partial charge in [-0.1, -0.05) is 11.2 Å². The summed E-state index contributed by atoms with van der Waals surface area (Å²) in [6.07, 6.45) is 0. The highest BCUT2D eigenvalue weighted by Gasteiger charge is 2.51. The van der Waals surface area contributed by atoms with Crippen LogP contribution in [0, 0.1) is 3.57 Å². The van der Waals surface area contributed by atoms with Gasteiger partial charge in [-0.05, 0) is 79.0 Å². The molecule has 0 amide bonds. The van der Waals surface area contributed by atoms with Crippen molar-refractivity contribution in [1.29, 1.82) is 0 Å². The predicted octanol–water partition coefficient (Wildman–Crippen LogP) is 3.40. The zero-order valence-electron chi connectivity index (χ0n) is 12.1. The van der Waals surface area contributed by atoms with Crippen LogP contribution in [-0.2, 0) is 15.9 Å². The molecule has 7 heteroatoms. The molecule has 0 unspecified atom stereocenters. The third-order valence-electron chi connectivity index (χ3n) is 3.82. The van der Waals surface area contributed by atoms with Crippen LogP contribution in [0.15, 0.2) is 23.3 Å². The van der Waals surface area contributed by atoms with Crippen LogP contribution >= 0.6 is 22.6 Å². The summed E-state index contributed by atoms with van der Waals surface area (Å²) in [5, 5.41) is 3.60. The molecule has 0 bridgehead atoms. The molecule has 0 spiro atoms. The van der Waals surface area contributed by atoms with E-state index in [9.17, 15) is 0 Å². The van der Waals surface area contributed by atoms with Crippen LogP contribution in [0.2, 0.25) is 0 Å². The van der Waals surface area contributed by atoms with Crippen LogP contribution in [-0.4, -0.2) is 18.3 Å². The van der Waals surface area contributed by atoms with Crippen LogP contribution in [0.5, 0.6) is 0 Å². The topological polar surface area (TPSA) is 67.2 Å². The second-order valence-corrected chi connectivity index (χ2v) is 7.12. The summed E-state index contributed by atoms with van der Waals surface area (Å²) < 4.78 is 13.1. The highest BCUT2D eigenvalue weighted by atomic mass is 127. The molecule has 20 heavy (non-hydrogen) atoms. The highest BCUT2D eigenvalue weighted by molar-refractivity contribution is 14.1. The molecule has 0 N–H and O–H groups in total. The van der Waals surface area contributed by atoms with Crippen molar-refractivity contribution in [1.82, 2.24) is 0 Å². The summed E-state index contributed by atoms with van der Waals surface area (Å²) in [4.78, 5) is 2.79. The summed E-state index contributed by atoms with van der Waals surface area (Å²) >= 11 is 2.24. The molecule has 1 saturated heterocycles. The Hall–Kier alpha value is -0.755. The van der Waals surface area contributed by atoms with Crippen molar-refractivity contribution in [2.24, 2.45) is 5.11 Å². The molecule has 1 heterocycles. The maximum atomic E-state index is 8.42. The molecule has 0 saturated carbocycles. The lowest BCUT2D eigenvalue weighted by atomic mass is 9.78. The van der Waals surface area contributed by atoms with Crippen molar-refractivity contribution in [3.8, 4) is 0 Å². The van der Waals surface area contributed by atoms with Gasteiger partial charge in [0.05, 0.1) is 17.7 Å². The summed E-state index contributed by atoms with van der Waals surface area (Å²) in [6, 6.07) is 5.99. The van der Waals surface area contributed by atoms with E-state index in [2.05, 4.69) is 32.6 Å². The van der Waals surface area contributed by atoms with Crippen LogP contribution in [0.4, 0.5) is 0 Å². The van der Waals surface area contributed by atoms with Crippen molar-refractivity contribution in [3.63, 3.8) is 0 Å². The maximum Gasteiger partial charge on any atom is 0.494 e. The lowest BCUT2D eigenvalue weighted by Crippen LogP contribution is -2.41. The number of hydrogen-bond acceptors (Lipinski definition) is 3. The number of benzene rings is 1. The Bertz CT molecular complexity index is 555. The maximum absolute atomic E-state index is 8.42. The smallest absolute Gasteiger partial charge is 0.399 e. The Morgan fingerprint density at radius 1 is 1.20 bits per heavy atom. The lowest BCUT2D eigenvalue weighted by molar-refractivity contribution is 0.00578. The first-order chi connectivity index (χ1) is 9.25. The fourth-order valence-electron chi connectivity index (χ4n) is 2.00. The standard InChI is InChI=1S/C13H17BIN3O2/c1-12(2)13(3,4)20-14(19-12)10-5-9(8-17-18-16)6-11(15)7-10/h5-7H,8H2,1-4H3. The van der Waals surface area contributed by atoms with Gasteiger partial charge in [-0.15, -0.1) is 0 Å². The number of halogens is 1. The first-order valence-corrected chi connectivity index (χ1v) is 7.49. The van der Waals surface area contributed by atoms with E-state index in [-0.39, 0.29) is 18.3 Å². The minimum Gasteiger partial charge on any atom is -0.399 e. The Balaban J connectivity index is 2.30. The van der Waals surface area contributed by atoms with E-state index in [4.69, 9.17) is 14.8 Å². The SMILES string of the molecule is CC1(C)OB(c2cc(I)cc(CN=[N+]=[N-])c2)OC1(C)C. The fraction of sp³-hybridized carbons (Fsp3) is 0.538. The number of nitrogens with zero attached hydrogens (tertiary/aromatic N) is 3. The largest absolute Gasteiger partial charge is 0.494 e. The van der Waals surface area contributed by atoms with Gasteiger partial charge in [0.25, 0.3) is 0 Å². The number of hydrogen-bond donors (Lipinski definition) is 0. The third kappa shape index (κ3) is 3.11. The van der Waals surface area contributed by atoms with Gasteiger partial charge >= 0.3 is 7.12 Å². The fourth-order valence-corrected chi connectivity index (χ4v) is 2.75. The average molecular weight is 385 g/mol. The van der Waals surface area contributed by atoms with Crippen LogP contribution in [0.3, 0.4) is 0 Å². The van der Waals surface area contributed by atoms with Gasteiger partial charge in [0.15, 0.2) is 0 Å². The molecular formula is C13H17BIN3O2. The van der Waals surface area contributed by atoms with E-state index in [1.807, 2.05) is 45.9 Å². The Morgan fingerprint density at radius 2 is 1.80 bits per heavy atom. The quantitative estimate of drug-likeness (QED) is 0.263. The number of azide groups is 1. The predicted molar refractivity (Wildman–Crippen MR) is 87.7 cm³/mol. The minimum absolute atomic E-state index is 0.333. The summed E-state index contributed by atoms with van der Waals surface area (Å²) in [6.45, 7) is 8.45. The molecular weight excluding hydrogens is 368 g/mol. The molecule has 0 aromatic heterocycles. The van der Waals surface area contributed by atoms with Crippen molar-refractivity contribution in [2.45, 2.75) is 45.4 Å². The van der Waals surface area contributed by atoms with Gasteiger partial charge in [-0.3, -0.25) is 0 Å². The Morgan fingerprint density at radius 3 is 2.35 bits per heavy atom. The van der Waals surface area contributed by atoms with Crippen molar-refractivity contribution < 1.29 is 9.31 Å². The molecule has 2 rings (SSSR count). The molecule has 106 valence electrons. The summed E-state index contributed by atoms with van der Waals surface area (Å²) in [7, 11) is -0.389. The van der Waals surface area contributed by atoms with Gasteiger partial charge in [0, 0.05) is 8.48 Å². The van der Waals surface area contributed by atoms with E-state index in [1.54, 1.807) is 0 Å². The van der Waals surface area contributed by atoms with Crippen LogP contribution in [0.1, 0.15) is 33.3 Å². The molecule has 0 aliphatic carbocycles. The van der Waals surface area contributed by atoms with Crippen molar-refractivity contribution in [3.05, 3.63) is 37.8 Å². The summed E-state index contributed by atoms with van der Waals surface area (Å²) in [5.74, 6) is 0. The van der Waals surface area contributed by atoms with E-state index < -0.39 is 0 Å². The average Bonchev–Trinajstić information content (AvgIpc) is 2.55. The van der Waals surface area contributed by atoms with Gasteiger partial charge in [-0.2, -0.15) is 0 Å². The Kier molecular flexibility index (Phi) is 4.34. The molecule has 0 radical (unpaired) electrons. The van der Waals surface area contributed by atoms with Gasteiger partial charge in [-0.25, -0.2) is 0 Å². The number of rotatable bonds is 3. The van der Waals surface area contributed by atoms with Crippen molar-refractivity contribution in [2.75, 3.05) is 0 Å². The van der Waals surface area contributed by atoms with Gasteiger partial charge in [0.1, 0.15) is 0 Å². The van der Waals surface area contributed by atoms with E-state index in [0.717, 1.165) is 14.6 Å². The highest BCUT2D eigenvalue weighted by Crippen LogP contribution is 2.36. The molecule has 1 aromatic carbocycles. The van der Waals surface area contributed by atoms with E-state index in [1.165, 1.54) is 0 Å². The molecule has 1 aliphatic rings. The van der Waals surface area contributed by atoms with E-state index in [0.29, 0.717) is 6.54 Å². The normalized spacial score (nSPS) is 19.8. The second kappa shape index (κ2) is 5.56. The lowest BCUT2D eigenvalue weighted by Gasteiger charge is -2.32. The molecule has 0 atom stereocenters. The van der Waals surface area contributed by atoms with Crippen LogP contribution in [0.25, 0.3) is 10.4 Å². The van der Waals surface area contributed by atoms with Crippen LogP contribution < -0.4 is 5.46 Å². The monoisotopic (exact) mass is 385 g/mol. The second-order valence-electron chi connectivity index (χ2n) is 5.87. The zero-order chi connectivity index (χ0) is 15.0. The zero-order valence-corrected chi connectivity index (χ0v) is 14.2. The van der Waals surface area contributed by atoms with Crippen molar-refractivity contribution >= 4 is 35.2 Å². The third-order valence-corrected chi connectivity index (χ3v) is 4.44.